The third-order valence-electron chi connectivity index (χ3n) is 6.29. The van der Waals surface area contributed by atoms with Gasteiger partial charge in [0, 0.05) is 51.9 Å². The van der Waals surface area contributed by atoms with Gasteiger partial charge in [0.15, 0.2) is 5.96 Å². The molecule has 1 aromatic carbocycles. The lowest BCUT2D eigenvalue weighted by molar-refractivity contribution is 0.0143. The lowest BCUT2D eigenvalue weighted by atomic mass is 10.00. The molecular formula is C25H43N5O2. The molecule has 2 unspecified atom stereocenters. The number of morpholine rings is 1. The first kappa shape index (κ1) is 25.0. The maximum Gasteiger partial charge on any atom is 0.191 e. The normalized spacial score (nSPS) is 20.1. The fourth-order valence-electron chi connectivity index (χ4n) is 4.65. The number of nitrogens with zero attached hydrogens (tertiary/aromatic N) is 3. The molecule has 0 amide bonds. The molecule has 0 aromatic heterocycles. The van der Waals surface area contributed by atoms with Gasteiger partial charge in [0.1, 0.15) is 0 Å². The summed E-state index contributed by atoms with van der Waals surface area (Å²) >= 11 is 0. The highest BCUT2D eigenvalue weighted by Gasteiger charge is 2.22. The van der Waals surface area contributed by atoms with E-state index in [1.54, 1.807) is 0 Å². The van der Waals surface area contributed by atoms with Gasteiger partial charge >= 0.3 is 0 Å². The number of hydrogen-bond donors (Lipinski definition) is 3. The zero-order valence-electron chi connectivity index (χ0n) is 20.2. The van der Waals surface area contributed by atoms with E-state index in [4.69, 9.17) is 9.73 Å². The Morgan fingerprint density at radius 3 is 2.59 bits per heavy atom. The molecule has 0 saturated carbocycles. The van der Waals surface area contributed by atoms with E-state index in [9.17, 15) is 5.11 Å². The monoisotopic (exact) mass is 445 g/mol. The number of rotatable bonds is 10. The summed E-state index contributed by atoms with van der Waals surface area (Å²) in [6, 6.07) is 9.05. The summed E-state index contributed by atoms with van der Waals surface area (Å²) in [4.78, 5) is 9.73. The van der Waals surface area contributed by atoms with Gasteiger partial charge in [0.25, 0.3) is 0 Å². The molecule has 7 nitrogen and oxygen atoms in total. The number of fused-ring (bicyclic) bond motifs is 1. The Morgan fingerprint density at radius 2 is 1.88 bits per heavy atom. The van der Waals surface area contributed by atoms with Gasteiger partial charge in [-0.1, -0.05) is 38.1 Å². The van der Waals surface area contributed by atoms with Crippen LogP contribution < -0.4 is 10.6 Å². The summed E-state index contributed by atoms with van der Waals surface area (Å²) in [5, 5.41) is 17.4. The molecule has 3 N–H and O–H groups in total. The van der Waals surface area contributed by atoms with Crippen molar-refractivity contribution >= 4 is 5.96 Å². The summed E-state index contributed by atoms with van der Waals surface area (Å²) in [5.74, 6) is 1.42. The van der Waals surface area contributed by atoms with Gasteiger partial charge in [0.2, 0.25) is 0 Å². The topological polar surface area (TPSA) is 72.4 Å². The quantitative estimate of drug-likeness (QED) is 0.376. The molecule has 1 aromatic rings. The van der Waals surface area contributed by atoms with E-state index in [2.05, 4.69) is 65.5 Å². The summed E-state index contributed by atoms with van der Waals surface area (Å²) in [6.07, 6.45) is 1.75. The van der Waals surface area contributed by atoms with Crippen molar-refractivity contribution in [2.75, 3.05) is 59.0 Å². The Morgan fingerprint density at radius 1 is 1.12 bits per heavy atom. The Kier molecular flexibility index (Phi) is 10.2. The van der Waals surface area contributed by atoms with Gasteiger partial charge in [-0.05, 0) is 36.8 Å². The Hall–Kier alpha value is -1.67. The molecule has 0 aliphatic carbocycles. The number of hydrogen-bond acceptors (Lipinski definition) is 5. The number of benzene rings is 1. The van der Waals surface area contributed by atoms with Gasteiger partial charge in [0.05, 0.1) is 25.9 Å². The number of aliphatic hydroxyl groups is 1. The predicted molar refractivity (Wildman–Crippen MR) is 131 cm³/mol. The molecule has 7 heteroatoms. The van der Waals surface area contributed by atoms with E-state index in [0.717, 1.165) is 71.3 Å². The maximum atomic E-state index is 10.7. The SMILES string of the molecule is CCNC(=NCC(CC(C)C)N1CCOCC1)NCC(O)CN1CCc2ccccc2C1. The van der Waals surface area contributed by atoms with Crippen LogP contribution in [0.3, 0.4) is 0 Å². The van der Waals surface area contributed by atoms with E-state index in [-0.39, 0.29) is 0 Å². The number of aliphatic imine (C=N–C) groups is 1. The fourth-order valence-corrected chi connectivity index (χ4v) is 4.65. The van der Waals surface area contributed by atoms with Crippen LogP contribution in [0.4, 0.5) is 0 Å². The van der Waals surface area contributed by atoms with Crippen LogP contribution >= 0.6 is 0 Å². The number of β-amino-alcohol motifs (C(OH)–C–C–N with tert-alkyl or cyclic N) is 1. The van der Waals surface area contributed by atoms with Gasteiger partial charge < -0.3 is 20.5 Å². The maximum absolute atomic E-state index is 10.7. The van der Waals surface area contributed by atoms with Crippen molar-refractivity contribution in [3.05, 3.63) is 35.4 Å². The van der Waals surface area contributed by atoms with Crippen LogP contribution in [0.25, 0.3) is 0 Å². The minimum atomic E-state index is -0.435. The first-order valence-corrected chi connectivity index (χ1v) is 12.4. The van der Waals surface area contributed by atoms with E-state index in [1.807, 2.05) is 0 Å². The molecule has 1 saturated heterocycles. The van der Waals surface area contributed by atoms with Crippen molar-refractivity contribution in [1.82, 2.24) is 20.4 Å². The Labute approximate surface area is 194 Å². The molecule has 2 atom stereocenters. The highest BCUT2D eigenvalue weighted by molar-refractivity contribution is 5.79. The molecule has 2 aliphatic rings. The molecule has 1 fully saturated rings. The molecule has 3 rings (SSSR count). The summed E-state index contributed by atoms with van der Waals surface area (Å²) in [7, 11) is 0. The second-order valence-corrected chi connectivity index (χ2v) is 9.44. The average Bonchev–Trinajstić information content (AvgIpc) is 2.80. The third kappa shape index (κ3) is 8.03. The van der Waals surface area contributed by atoms with Crippen LogP contribution in [0.1, 0.15) is 38.3 Å². The second kappa shape index (κ2) is 13.1. The van der Waals surface area contributed by atoms with Gasteiger partial charge in [-0.3, -0.25) is 14.8 Å². The lowest BCUT2D eigenvalue weighted by Crippen LogP contribution is -2.47. The molecule has 0 spiro atoms. The number of nitrogens with one attached hydrogen (secondary N) is 2. The molecular weight excluding hydrogens is 402 g/mol. The van der Waals surface area contributed by atoms with Gasteiger partial charge in [-0.15, -0.1) is 0 Å². The molecule has 2 aliphatic heterocycles. The van der Waals surface area contributed by atoms with Crippen LogP contribution in [0.15, 0.2) is 29.3 Å². The zero-order valence-corrected chi connectivity index (χ0v) is 20.2. The second-order valence-electron chi connectivity index (χ2n) is 9.44. The van der Waals surface area contributed by atoms with Crippen LogP contribution in [0.5, 0.6) is 0 Å². The molecule has 0 radical (unpaired) electrons. The molecule has 2 heterocycles. The molecule has 180 valence electrons. The molecule has 0 bridgehead atoms. The van der Waals surface area contributed by atoms with Crippen molar-refractivity contribution in [2.24, 2.45) is 10.9 Å². The zero-order chi connectivity index (χ0) is 22.8. The van der Waals surface area contributed by atoms with Gasteiger partial charge in [-0.25, -0.2) is 0 Å². The summed E-state index contributed by atoms with van der Waals surface area (Å²) in [5.41, 5.74) is 2.82. The van der Waals surface area contributed by atoms with Crippen molar-refractivity contribution in [1.29, 1.82) is 0 Å². The average molecular weight is 446 g/mol. The fraction of sp³-hybridized carbons (Fsp3) is 0.720. The van der Waals surface area contributed by atoms with Gasteiger partial charge in [-0.2, -0.15) is 0 Å². The number of guanidine groups is 1. The van der Waals surface area contributed by atoms with Crippen LogP contribution in [0, 0.1) is 5.92 Å². The first-order valence-electron chi connectivity index (χ1n) is 12.4. The number of aliphatic hydroxyl groups excluding tert-OH is 1. The van der Waals surface area contributed by atoms with Crippen LogP contribution in [-0.4, -0.2) is 92.0 Å². The molecule has 32 heavy (non-hydrogen) atoms. The van der Waals surface area contributed by atoms with Crippen molar-refractivity contribution in [3.8, 4) is 0 Å². The third-order valence-corrected chi connectivity index (χ3v) is 6.29. The highest BCUT2D eigenvalue weighted by Crippen LogP contribution is 2.18. The van der Waals surface area contributed by atoms with Crippen molar-refractivity contribution in [3.63, 3.8) is 0 Å². The largest absolute Gasteiger partial charge is 0.390 e. The minimum Gasteiger partial charge on any atom is -0.390 e. The van der Waals surface area contributed by atoms with E-state index in [1.165, 1.54) is 11.1 Å². The standard InChI is InChI=1S/C25H43N5O2/c1-4-26-25(27-16-23(15-20(2)3)30-11-13-32-14-12-30)28-17-24(31)19-29-10-9-21-7-5-6-8-22(21)18-29/h5-8,20,23-24,31H,4,9-19H2,1-3H3,(H2,26,27,28). The lowest BCUT2D eigenvalue weighted by Gasteiger charge is -2.34. The summed E-state index contributed by atoms with van der Waals surface area (Å²) < 4.78 is 5.53. The highest BCUT2D eigenvalue weighted by atomic mass is 16.5. The van der Waals surface area contributed by atoms with Crippen molar-refractivity contribution in [2.45, 2.75) is 52.3 Å². The smallest absolute Gasteiger partial charge is 0.191 e. The van der Waals surface area contributed by atoms with Crippen molar-refractivity contribution < 1.29 is 9.84 Å². The summed E-state index contributed by atoms with van der Waals surface area (Å²) in [6.45, 7) is 14.8. The Bertz CT molecular complexity index is 705. The first-order chi connectivity index (χ1) is 15.5. The van der Waals surface area contributed by atoms with Crippen LogP contribution in [0.2, 0.25) is 0 Å². The van der Waals surface area contributed by atoms with E-state index >= 15 is 0 Å². The Balaban J connectivity index is 1.49. The van der Waals surface area contributed by atoms with E-state index < -0.39 is 6.10 Å². The number of ether oxygens (including phenoxy) is 1. The minimum absolute atomic E-state index is 0.424. The van der Waals surface area contributed by atoms with Crippen LogP contribution in [-0.2, 0) is 17.7 Å². The van der Waals surface area contributed by atoms with E-state index in [0.29, 0.717) is 25.0 Å². The predicted octanol–water partition coefficient (Wildman–Crippen LogP) is 1.71.